The van der Waals surface area contributed by atoms with Crippen LogP contribution in [0.3, 0.4) is 0 Å². The van der Waals surface area contributed by atoms with Gasteiger partial charge in [-0.15, -0.1) is 0 Å². The molecule has 1 saturated heterocycles. The largest absolute Gasteiger partial charge is 0.508 e. The third-order valence-corrected chi connectivity index (χ3v) is 2.20. The molecule has 0 radical (unpaired) electrons. The van der Waals surface area contributed by atoms with E-state index in [0.29, 0.717) is 13.2 Å². The molecule has 0 saturated carbocycles. The predicted molar refractivity (Wildman–Crippen MR) is 51.8 cm³/mol. The summed E-state index contributed by atoms with van der Waals surface area (Å²) < 4.78 is 4.90. The number of hydrogen-bond acceptors (Lipinski definition) is 4. The number of phenolic OH excluding ortho intramolecular Hbond substituents is 2. The summed E-state index contributed by atoms with van der Waals surface area (Å²) in [7, 11) is 0. The molecule has 80 valence electrons. The summed E-state index contributed by atoms with van der Waals surface area (Å²) in [5.74, 6) is -0.606. The summed E-state index contributed by atoms with van der Waals surface area (Å²) in [6.45, 7) is 0.983. The molecule has 0 unspecified atom stereocenters. The lowest BCUT2D eigenvalue weighted by atomic mass is 10.1. The number of rotatable bonds is 2. The second kappa shape index (κ2) is 3.78. The average molecular weight is 209 g/mol. The number of phenols is 2. The molecule has 0 atom stereocenters. The van der Waals surface area contributed by atoms with Gasteiger partial charge in [0.05, 0.1) is 24.8 Å². The molecule has 1 fully saturated rings. The van der Waals surface area contributed by atoms with E-state index < -0.39 is 5.91 Å². The van der Waals surface area contributed by atoms with Gasteiger partial charge in [-0.3, -0.25) is 4.79 Å². The maximum Gasteiger partial charge on any atom is 0.255 e. The summed E-state index contributed by atoms with van der Waals surface area (Å²) in [5.41, 5.74) is 0.0712. The quantitative estimate of drug-likeness (QED) is 0.609. The fourth-order valence-electron chi connectivity index (χ4n) is 1.29. The van der Waals surface area contributed by atoms with Crippen molar-refractivity contribution in [3.8, 4) is 11.5 Å². The highest BCUT2D eigenvalue weighted by Gasteiger charge is 2.22. The minimum Gasteiger partial charge on any atom is -0.508 e. The molecule has 5 nitrogen and oxygen atoms in total. The fraction of sp³-hybridized carbons (Fsp3) is 0.300. The summed E-state index contributed by atoms with van der Waals surface area (Å²) >= 11 is 0. The molecule has 0 spiro atoms. The second-order valence-electron chi connectivity index (χ2n) is 3.41. The Kier molecular flexibility index (Phi) is 2.47. The van der Waals surface area contributed by atoms with E-state index in [9.17, 15) is 15.0 Å². The van der Waals surface area contributed by atoms with Crippen LogP contribution in [0.25, 0.3) is 0 Å². The maximum absolute atomic E-state index is 11.6. The number of amides is 1. The molecule has 0 aliphatic carbocycles. The minimum absolute atomic E-state index is 0.000695. The van der Waals surface area contributed by atoms with E-state index in [1.165, 1.54) is 18.2 Å². The van der Waals surface area contributed by atoms with Crippen molar-refractivity contribution in [1.82, 2.24) is 5.32 Å². The molecule has 2 rings (SSSR count). The number of aromatic hydroxyl groups is 2. The first kappa shape index (κ1) is 9.79. The highest BCUT2D eigenvalue weighted by atomic mass is 16.5. The van der Waals surface area contributed by atoms with Gasteiger partial charge in [-0.25, -0.2) is 0 Å². The molecular formula is C10H11NO4. The van der Waals surface area contributed by atoms with E-state index in [1.54, 1.807) is 0 Å². The van der Waals surface area contributed by atoms with Crippen LogP contribution in [0.2, 0.25) is 0 Å². The van der Waals surface area contributed by atoms with Crippen molar-refractivity contribution in [1.29, 1.82) is 0 Å². The zero-order valence-electron chi connectivity index (χ0n) is 7.93. The van der Waals surface area contributed by atoms with E-state index >= 15 is 0 Å². The lowest BCUT2D eigenvalue weighted by Crippen LogP contribution is -2.48. The van der Waals surface area contributed by atoms with Gasteiger partial charge >= 0.3 is 0 Å². The number of nitrogens with one attached hydrogen (secondary N) is 1. The van der Waals surface area contributed by atoms with Gasteiger partial charge in [-0.05, 0) is 18.2 Å². The van der Waals surface area contributed by atoms with Crippen LogP contribution in [-0.4, -0.2) is 35.4 Å². The Hall–Kier alpha value is -1.75. The van der Waals surface area contributed by atoms with Gasteiger partial charge in [0.2, 0.25) is 0 Å². The Morgan fingerprint density at radius 3 is 2.73 bits per heavy atom. The zero-order chi connectivity index (χ0) is 10.8. The smallest absolute Gasteiger partial charge is 0.255 e. The third-order valence-electron chi connectivity index (χ3n) is 2.20. The normalized spacial score (nSPS) is 15.7. The first-order valence-electron chi connectivity index (χ1n) is 4.57. The van der Waals surface area contributed by atoms with Crippen LogP contribution in [0.5, 0.6) is 11.5 Å². The SMILES string of the molecule is O=C(NC1COC1)c1cc(O)ccc1O. The molecule has 1 amide bonds. The Bertz CT molecular complexity index is 387. The molecule has 3 N–H and O–H groups in total. The van der Waals surface area contributed by atoms with Crippen molar-refractivity contribution in [3.05, 3.63) is 23.8 Å². The predicted octanol–water partition coefficient (Wildman–Crippen LogP) is 0.226. The van der Waals surface area contributed by atoms with Crippen molar-refractivity contribution in [3.63, 3.8) is 0 Å². The molecule has 1 aliphatic heterocycles. The van der Waals surface area contributed by atoms with E-state index in [2.05, 4.69) is 5.32 Å². The van der Waals surface area contributed by atoms with Crippen LogP contribution in [0.15, 0.2) is 18.2 Å². The maximum atomic E-state index is 11.6. The number of benzene rings is 1. The van der Waals surface area contributed by atoms with Gasteiger partial charge in [0.25, 0.3) is 5.91 Å². The number of ether oxygens (including phenoxy) is 1. The van der Waals surface area contributed by atoms with Crippen LogP contribution < -0.4 is 5.32 Å². The highest BCUT2D eigenvalue weighted by molar-refractivity contribution is 5.97. The first-order valence-corrected chi connectivity index (χ1v) is 4.57. The van der Waals surface area contributed by atoms with Crippen molar-refractivity contribution in [2.45, 2.75) is 6.04 Å². The molecule has 1 aliphatic rings. The molecule has 0 aromatic heterocycles. The van der Waals surface area contributed by atoms with E-state index in [-0.39, 0.29) is 23.1 Å². The Labute approximate surface area is 86.3 Å². The molecule has 5 heteroatoms. The summed E-state index contributed by atoms with van der Waals surface area (Å²) in [6, 6.07) is 3.82. The second-order valence-corrected chi connectivity index (χ2v) is 3.41. The molecule has 1 aromatic carbocycles. The topological polar surface area (TPSA) is 78.8 Å². The Balaban J connectivity index is 2.12. The molecule has 1 heterocycles. The monoisotopic (exact) mass is 209 g/mol. The van der Waals surface area contributed by atoms with Gasteiger partial charge in [-0.1, -0.05) is 0 Å². The van der Waals surface area contributed by atoms with Crippen molar-refractivity contribution < 1.29 is 19.7 Å². The van der Waals surface area contributed by atoms with Crippen LogP contribution in [0.4, 0.5) is 0 Å². The Morgan fingerprint density at radius 1 is 1.40 bits per heavy atom. The number of carbonyl (C=O) groups excluding carboxylic acids is 1. The average Bonchev–Trinajstić information content (AvgIpc) is 2.15. The van der Waals surface area contributed by atoms with E-state index in [0.717, 1.165) is 0 Å². The van der Waals surface area contributed by atoms with E-state index in [4.69, 9.17) is 4.74 Å². The van der Waals surface area contributed by atoms with Crippen molar-refractivity contribution in [2.24, 2.45) is 0 Å². The summed E-state index contributed by atoms with van der Waals surface area (Å²) in [4.78, 5) is 11.6. The van der Waals surface area contributed by atoms with Crippen LogP contribution in [0.1, 0.15) is 10.4 Å². The van der Waals surface area contributed by atoms with Gasteiger partial charge < -0.3 is 20.3 Å². The van der Waals surface area contributed by atoms with Gasteiger partial charge in [0, 0.05) is 0 Å². The van der Waals surface area contributed by atoms with Crippen molar-refractivity contribution >= 4 is 5.91 Å². The molecule has 0 bridgehead atoms. The van der Waals surface area contributed by atoms with Crippen molar-refractivity contribution in [2.75, 3.05) is 13.2 Å². The van der Waals surface area contributed by atoms with Gasteiger partial charge in [0.1, 0.15) is 11.5 Å². The Morgan fingerprint density at radius 2 is 2.13 bits per heavy atom. The lowest BCUT2D eigenvalue weighted by molar-refractivity contribution is -0.00350. The minimum atomic E-state index is -0.406. The molecule has 1 aromatic rings. The lowest BCUT2D eigenvalue weighted by Gasteiger charge is -2.26. The van der Waals surface area contributed by atoms with Crippen LogP contribution in [-0.2, 0) is 4.74 Å². The number of hydrogen-bond donors (Lipinski definition) is 3. The fourth-order valence-corrected chi connectivity index (χ4v) is 1.29. The van der Waals surface area contributed by atoms with Crippen LogP contribution in [0, 0.1) is 0 Å². The molecule has 15 heavy (non-hydrogen) atoms. The first-order chi connectivity index (χ1) is 7.16. The van der Waals surface area contributed by atoms with Crippen LogP contribution >= 0.6 is 0 Å². The summed E-state index contributed by atoms with van der Waals surface area (Å²) in [5, 5.41) is 21.2. The highest BCUT2D eigenvalue weighted by Crippen LogP contribution is 2.22. The standard InChI is InChI=1S/C10H11NO4/c12-7-1-2-9(13)8(3-7)10(14)11-6-4-15-5-6/h1-3,6,12-13H,4-5H2,(H,11,14). The van der Waals surface area contributed by atoms with Gasteiger partial charge in [0.15, 0.2) is 0 Å². The summed E-state index contributed by atoms with van der Waals surface area (Å²) in [6.07, 6.45) is 0. The van der Waals surface area contributed by atoms with Gasteiger partial charge in [-0.2, -0.15) is 0 Å². The molecular weight excluding hydrogens is 198 g/mol. The van der Waals surface area contributed by atoms with E-state index in [1.807, 2.05) is 0 Å². The zero-order valence-corrected chi connectivity index (χ0v) is 7.93. The third kappa shape index (κ3) is 2.02. The number of carbonyl (C=O) groups is 1.